The van der Waals surface area contributed by atoms with Crippen LogP contribution in [0.5, 0.6) is 0 Å². The first-order valence-electron chi connectivity index (χ1n) is 4.76. The van der Waals surface area contributed by atoms with Gasteiger partial charge in [0.2, 0.25) is 0 Å². The van der Waals surface area contributed by atoms with Gasteiger partial charge in [0.05, 0.1) is 5.69 Å². The molecule has 1 saturated carbocycles. The van der Waals surface area contributed by atoms with Crippen molar-refractivity contribution < 1.29 is 0 Å². The molecule has 1 heterocycles. The van der Waals surface area contributed by atoms with Crippen LogP contribution in [0.4, 0.5) is 5.82 Å². The molecule has 3 nitrogen and oxygen atoms in total. The molecule has 0 amide bonds. The summed E-state index contributed by atoms with van der Waals surface area (Å²) < 4.78 is 0. The summed E-state index contributed by atoms with van der Waals surface area (Å²) in [5, 5.41) is 3.28. The lowest BCUT2D eigenvalue weighted by Gasteiger charge is -2.05. The van der Waals surface area contributed by atoms with Crippen molar-refractivity contribution in [2.75, 3.05) is 11.9 Å². The van der Waals surface area contributed by atoms with Crippen molar-refractivity contribution in [2.24, 2.45) is 11.7 Å². The number of hydrogen-bond acceptors (Lipinski definition) is 3. The second-order valence-electron chi connectivity index (χ2n) is 3.60. The van der Waals surface area contributed by atoms with Crippen LogP contribution in [0.25, 0.3) is 0 Å². The zero-order valence-corrected chi connectivity index (χ0v) is 8.68. The second-order valence-corrected chi connectivity index (χ2v) is 4.04. The van der Waals surface area contributed by atoms with E-state index in [1.54, 1.807) is 0 Å². The molecule has 0 unspecified atom stereocenters. The number of rotatable bonds is 4. The van der Waals surface area contributed by atoms with Crippen LogP contribution >= 0.6 is 12.2 Å². The minimum absolute atomic E-state index is 0.347. The average molecular weight is 207 g/mol. The molecule has 14 heavy (non-hydrogen) atoms. The van der Waals surface area contributed by atoms with E-state index in [1.807, 2.05) is 18.2 Å². The van der Waals surface area contributed by atoms with Crippen LogP contribution in [0, 0.1) is 5.92 Å². The molecule has 0 radical (unpaired) electrons. The maximum Gasteiger partial charge on any atom is 0.126 e. The summed E-state index contributed by atoms with van der Waals surface area (Å²) in [6.45, 7) is 1.01. The Kier molecular flexibility index (Phi) is 2.63. The van der Waals surface area contributed by atoms with Crippen LogP contribution in [-0.4, -0.2) is 16.5 Å². The van der Waals surface area contributed by atoms with Gasteiger partial charge >= 0.3 is 0 Å². The predicted octanol–water partition coefficient (Wildman–Crippen LogP) is 1.54. The van der Waals surface area contributed by atoms with Gasteiger partial charge in [-0.2, -0.15) is 0 Å². The van der Waals surface area contributed by atoms with Crippen molar-refractivity contribution in [3.63, 3.8) is 0 Å². The van der Waals surface area contributed by atoms with Gasteiger partial charge in [0.15, 0.2) is 0 Å². The number of hydrogen-bond donors (Lipinski definition) is 2. The van der Waals surface area contributed by atoms with E-state index in [1.165, 1.54) is 12.8 Å². The highest BCUT2D eigenvalue weighted by Crippen LogP contribution is 2.28. The molecular weight excluding hydrogens is 194 g/mol. The van der Waals surface area contributed by atoms with Gasteiger partial charge in [0, 0.05) is 6.54 Å². The van der Waals surface area contributed by atoms with E-state index in [9.17, 15) is 0 Å². The van der Waals surface area contributed by atoms with Crippen LogP contribution in [0.1, 0.15) is 18.5 Å². The lowest BCUT2D eigenvalue weighted by Crippen LogP contribution is -2.13. The molecule has 4 heteroatoms. The van der Waals surface area contributed by atoms with Crippen molar-refractivity contribution in [1.82, 2.24) is 4.98 Å². The number of thiocarbonyl (C=S) groups is 1. The van der Waals surface area contributed by atoms with Crippen LogP contribution in [0.3, 0.4) is 0 Å². The summed E-state index contributed by atoms with van der Waals surface area (Å²) in [6, 6.07) is 5.67. The van der Waals surface area contributed by atoms with E-state index in [2.05, 4.69) is 10.3 Å². The first-order chi connectivity index (χ1) is 6.75. The Morgan fingerprint density at radius 3 is 3.00 bits per heavy atom. The summed E-state index contributed by atoms with van der Waals surface area (Å²) in [6.07, 6.45) is 2.67. The number of nitrogens with zero attached hydrogens (tertiary/aromatic N) is 1. The fourth-order valence-corrected chi connectivity index (χ4v) is 1.35. The highest BCUT2D eigenvalue weighted by Gasteiger charge is 2.20. The first kappa shape index (κ1) is 9.40. The first-order valence-corrected chi connectivity index (χ1v) is 5.17. The molecule has 2 rings (SSSR count). The van der Waals surface area contributed by atoms with Gasteiger partial charge in [-0.05, 0) is 30.9 Å². The van der Waals surface area contributed by atoms with Gasteiger partial charge in [-0.25, -0.2) is 4.98 Å². The molecule has 0 atom stereocenters. The number of nitrogens with two attached hydrogens (primary N) is 1. The molecule has 1 aliphatic carbocycles. The molecule has 0 spiro atoms. The molecule has 0 saturated heterocycles. The minimum atomic E-state index is 0.347. The van der Waals surface area contributed by atoms with Gasteiger partial charge in [-0.3, -0.25) is 0 Å². The van der Waals surface area contributed by atoms with Crippen LogP contribution in [0.15, 0.2) is 18.2 Å². The third kappa shape index (κ3) is 2.42. The number of anilines is 1. The van der Waals surface area contributed by atoms with Crippen molar-refractivity contribution in [3.8, 4) is 0 Å². The molecule has 74 valence electrons. The number of nitrogens with one attached hydrogen (secondary N) is 1. The third-order valence-electron chi connectivity index (χ3n) is 2.27. The van der Waals surface area contributed by atoms with Gasteiger partial charge in [-0.1, -0.05) is 18.3 Å². The van der Waals surface area contributed by atoms with Gasteiger partial charge in [-0.15, -0.1) is 0 Å². The summed E-state index contributed by atoms with van der Waals surface area (Å²) in [5.41, 5.74) is 6.17. The summed E-state index contributed by atoms with van der Waals surface area (Å²) in [7, 11) is 0. The van der Waals surface area contributed by atoms with E-state index < -0.39 is 0 Å². The van der Waals surface area contributed by atoms with E-state index in [4.69, 9.17) is 18.0 Å². The van der Waals surface area contributed by atoms with Crippen molar-refractivity contribution in [1.29, 1.82) is 0 Å². The van der Waals surface area contributed by atoms with Crippen LogP contribution in [-0.2, 0) is 0 Å². The summed E-state index contributed by atoms with van der Waals surface area (Å²) in [5.74, 6) is 1.70. The quantitative estimate of drug-likeness (QED) is 0.735. The zero-order chi connectivity index (χ0) is 9.97. The largest absolute Gasteiger partial charge is 0.388 e. The Hall–Kier alpha value is -1.16. The lowest BCUT2D eigenvalue weighted by molar-refractivity contribution is 0.882. The van der Waals surface area contributed by atoms with E-state index in [0.29, 0.717) is 10.7 Å². The van der Waals surface area contributed by atoms with Crippen LogP contribution < -0.4 is 11.1 Å². The topological polar surface area (TPSA) is 50.9 Å². The standard InChI is InChI=1S/C10H13N3S/c11-10(14)8-2-1-3-9(13-8)12-6-7-4-5-7/h1-3,7H,4-6H2,(H2,11,14)(H,12,13). The SMILES string of the molecule is NC(=S)c1cccc(NCC2CC2)n1. The summed E-state index contributed by atoms with van der Waals surface area (Å²) >= 11 is 4.86. The summed E-state index contributed by atoms with van der Waals surface area (Å²) in [4.78, 5) is 4.64. The Labute approximate surface area is 88.7 Å². The van der Waals surface area contributed by atoms with Gasteiger partial charge in [0.25, 0.3) is 0 Å². The molecule has 3 N–H and O–H groups in total. The maximum absolute atomic E-state index is 5.49. The smallest absolute Gasteiger partial charge is 0.126 e. The Bertz CT molecular complexity index is 347. The number of pyridine rings is 1. The predicted molar refractivity (Wildman–Crippen MR) is 61.3 cm³/mol. The Balaban J connectivity index is 2.01. The zero-order valence-electron chi connectivity index (χ0n) is 7.86. The normalized spacial score (nSPS) is 15.1. The maximum atomic E-state index is 5.49. The molecule has 1 aromatic heterocycles. The monoisotopic (exact) mass is 207 g/mol. The Morgan fingerprint density at radius 2 is 2.36 bits per heavy atom. The van der Waals surface area contributed by atoms with Crippen LogP contribution in [0.2, 0.25) is 0 Å². The van der Waals surface area contributed by atoms with Crippen molar-refractivity contribution >= 4 is 23.0 Å². The highest BCUT2D eigenvalue weighted by molar-refractivity contribution is 7.80. The molecule has 1 aromatic rings. The highest BCUT2D eigenvalue weighted by atomic mass is 32.1. The minimum Gasteiger partial charge on any atom is -0.388 e. The fraction of sp³-hybridized carbons (Fsp3) is 0.400. The second kappa shape index (κ2) is 3.92. The fourth-order valence-electron chi connectivity index (χ4n) is 1.24. The van der Waals surface area contributed by atoms with Gasteiger partial charge in [0.1, 0.15) is 10.8 Å². The molecule has 0 aliphatic heterocycles. The van der Waals surface area contributed by atoms with Crippen molar-refractivity contribution in [2.45, 2.75) is 12.8 Å². The van der Waals surface area contributed by atoms with E-state index in [0.717, 1.165) is 18.3 Å². The lowest BCUT2D eigenvalue weighted by atomic mass is 10.3. The molecule has 0 aromatic carbocycles. The molecular formula is C10H13N3S. The van der Waals surface area contributed by atoms with Gasteiger partial charge < -0.3 is 11.1 Å². The molecule has 0 bridgehead atoms. The Morgan fingerprint density at radius 1 is 1.57 bits per heavy atom. The third-order valence-corrected chi connectivity index (χ3v) is 2.48. The molecule has 1 fully saturated rings. The average Bonchev–Trinajstić information content (AvgIpc) is 2.99. The van der Waals surface area contributed by atoms with E-state index in [-0.39, 0.29) is 0 Å². The number of aromatic nitrogens is 1. The van der Waals surface area contributed by atoms with Crippen molar-refractivity contribution in [3.05, 3.63) is 23.9 Å². The molecule has 1 aliphatic rings. The van der Waals surface area contributed by atoms with E-state index >= 15 is 0 Å².